The van der Waals surface area contributed by atoms with Gasteiger partial charge in [0.05, 0.1) is 0 Å². The van der Waals surface area contributed by atoms with Crippen molar-refractivity contribution in [1.29, 1.82) is 0 Å². The maximum Gasteiger partial charge on any atom is 0.132 e. The molecule has 1 nitrogen and oxygen atoms in total. The van der Waals surface area contributed by atoms with Gasteiger partial charge in [-0.15, -0.1) is 0 Å². The van der Waals surface area contributed by atoms with Crippen molar-refractivity contribution in [2.24, 2.45) is 17.8 Å². The fourth-order valence-electron chi connectivity index (χ4n) is 2.43. The number of Topliss-reactive ketones (excluding diaryl/α,β-unsaturated/α-hetero) is 1. The van der Waals surface area contributed by atoms with Crippen LogP contribution in [0.3, 0.4) is 0 Å². The van der Waals surface area contributed by atoms with Gasteiger partial charge in [-0.3, -0.25) is 4.79 Å². The van der Waals surface area contributed by atoms with E-state index in [0.717, 1.165) is 5.92 Å². The van der Waals surface area contributed by atoms with E-state index in [1.54, 1.807) is 6.92 Å². The molecule has 0 spiro atoms. The number of carbonyl (C=O) groups excluding carboxylic acids is 1. The van der Waals surface area contributed by atoms with Gasteiger partial charge in [-0.2, -0.15) is 0 Å². The van der Waals surface area contributed by atoms with Crippen LogP contribution >= 0.6 is 0 Å². The van der Waals surface area contributed by atoms with Crippen LogP contribution in [0.1, 0.15) is 52.9 Å². The summed E-state index contributed by atoms with van der Waals surface area (Å²) in [6.07, 6.45) is 6.57. The number of ketones is 1. The van der Waals surface area contributed by atoms with Crippen LogP contribution < -0.4 is 0 Å². The highest BCUT2D eigenvalue weighted by Crippen LogP contribution is 2.34. The third kappa shape index (κ3) is 2.82. The zero-order chi connectivity index (χ0) is 9.84. The topological polar surface area (TPSA) is 17.1 Å². The van der Waals surface area contributed by atoms with Gasteiger partial charge >= 0.3 is 0 Å². The second-order valence-corrected chi connectivity index (χ2v) is 4.59. The van der Waals surface area contributed by atoms with E-state index in [-0.39, 0.29) is 0 Å². The highest BCUT2D eigenvalue weighted by molar-refractivity contribution is 5.78. The SMILES string of the molecule is CCC1CCC(C(C)C(C)=O)CC1. The highest BCUT2D eigenvalue weighted by Gasteiger charge is 2.26. The summed E-state index contributed by atoms with van der Waals surface area (Å²) >= 11 is 0. The fraction of sp³-hybridized carbons (Fsp3) is 0.917. The summed E-state index contributed by atoms with van der Waals surface area (Å²) in [5.41, 5.74) is 0. The summed E-state index contributed by atoms with van der Waals surface area (Å²) in [6.45, 7) is 6.11. The summed E-state index contributed by atoms with van der Waals surface area (Å²) < 4.78 is 0. The quantitative estimate of drug-likeness (QED) is 0.653. The second kappa shape index (κ2) is 4.78. The number of hydrogen-bond acceptors (Lipinski definition) is 1. The molecule has 1 unspecified atom stereocenters. The fourth-order valence-corrected chi connectivity index (χ4v) is 2.43. The van der Waals surface area contributed by atoms with Crippen LogP contribution in [0, 0.1) is 17.8 Å². The van der Waals surface area contributed by atoms with Crippen molar-refractivity contribution in [3.05, 3.63) is 0 Å². The molecule has 0 aromatic rings. The van der Waals surface area contributed by atoms with Crippen LogP contribution in [0.5, 0.6) is 0 Å². The van der Waals surface area contributed by atoms with Gasteiger partial charge in [0.2, 0.25) is 0 Å². The van der Waals surface area contributed by atoms with Crippen molar-refractivity contribution in [1.82, 2.24) is 0 Å². The Bertz CT molecular complexity index is 166. The molecule has 1 heteroatoms. The molecule has 0 radical (unpaired) electrons. The normalized spacial score (nSPS) is 31.3. The van der Waals surface area contributed by atoms with Crippen LogP contribution in [-0.4, -0.2) is 5.78 Å². The van der Waals surface area contributed by atoms with Gasteiger partial charge < -0.3 is 0 Å². The molecule has 0 heterocycles. The van der Waals surface area contributed by atoms with Gasteiger partial charge in [0, 0.05) is 5.92 Å². The van der Waals surface area contributed by atoms with Crippen LogP contribution in [0.4, 0.5) is 0 Å². The molecule has 0 aliphatic heterocycles. The van der Waals surface area contributed by atoms with E-state index in [1.807, 2.05) is 0 Å². The van der Waals surface area contributed by atoms with Crippen LogP contribution in [0.2, 0.25) is 0 Å². The monoisotopic (exact) mass is 182 g/mol. The Balaban J connectivity index is 2.36. The minimum atomic E-state index is 0.304. The Hall–Kier alpha value is -0.330. The third-order valence-electron chi connectivity index (χ3n) is 3.82. The Kier molecular flexibility index (Phi) is 3.95. The summed E-state index contributed by atoms with van der Waals surface area (Å²) in [6, 6.07) is 0. The van der Waals surface area contributed by atoms with Crippen LogP contribution in [0.25, 0.3) is 0 Å². The molecule has 13 heavy (non-hydrogen) atoms. The molecule has 0 aromatic carbocycles. The maximum absolute atomic E-state index is 11.2. The van der Waals surface area contributed by atoms with E-state index in [9.17, 15) is 4.79 Å². The maximum atomic E-state index is 11.2. The molecule has 0 amide bonds. The molecular formula is C12H22O. The molecule has 0 N–H and O–H groups in total. The third-order valence-corrected chi connectivity index (χ3v) is 3.82. The van der Waals surface area contributed by atoms with E-state index in [0.29, 0.717) is 17.6 Å². The lowest BCUT2D eigenvalue weighted by Crippen LogP contribution is -2.24. The van der Waals surface area contributed by atoms with Gasteiger partial charge in [0.25, 0.3) is 0 Å². The smallest absolute Gasteiger partial charge is 0.132 e. The largest absolute Gasteiger partial charge is 0.300 e. The molecule has 0 saturated heterocycles. The molecule has 1 rings (SSSR count). The van der Waals surface area contributed by atoms with Gasteiger partial charge in [-0.1, -0.05) is 33.1 Å². The Labute approximate surface area is 81.9 Å². The first kappa shape index (κ1) is 10.7. The minimum absolute atomic E-state index is 0.304. The first-order valence-electron chi connectivity index (χ1n) is 5.65. The Morgan fingerprint density at radius 2 is 1.85 bits per heavy atom. The standard InChI is InChI=1S/C12H22O/c1-4-11-5-7-12(8-6-11)9(2)10(3)13/h9,11-12H,4-8H2,1-3H3. The first-order chi connectivity index (χ1) is 6.15. The van der Waals surface area contributed by atoms with Crippen molar-refractivity contribution in [2.45, 2.75) is 52.9 Å². The van der Waals surface area contributed by atoms with E-state index in [2.05, 4.69) is 13.8 Å². The molecule has 76 valence electrons. The van der Waals surface area contributed by atoms with E-state index >= 15 is 0 Å². The highest BCUT2D eigenvalue weighted by atomic mass is 16.1. The summed E-state index contributed by atoms with van der Waals surface area (Å²) in [4.78, 5) is 11.2. The lowest BCUT2D eigenvalue weighted by Gasteiger charge is -2.30. The molecule has 0 aromatic heterocycles. The molecule has 1 saturated carbocycles. The lowest BCUT2D eigenvalue weighted by atomic mass is 9.75. The van der Waals surface area contributed by atoms with Crippen molar-refractivity contribution in [3.63, 3.8) is 0 Å². The van der Waals surface area contributed by atoms with Crippen molar-refractivity contribution in [2.75, 3.05) is 0 Å². The summed E-state index contributed by atoms with van der Waals surface area (Å²) in [5, 5.41) is 0. The molecule has 1 aliphatic rings. The Morgan fingerprint density at radius 3 is 2.23 bits per heavy atom. The zero-order valence-electron chi connectivity index (χ0n) is 9.18. The first-order valence-corrected chi connectivity index (χ1v) is 5.65. The molecular weight excluding hydrogens is 160 g/mol. The van der Waals surface area contributed by atoms with Crippen molar-refractivity contribution >= 4 is 5.78 Å². The average Bonchev–Trinajstić information content (AvgIpc) is 2.17. The Morgan fingerprint density at radius 1 is 1.31 bits per heavy atom. The van der Waals surface area contributed by atoms with Crippen LogP contribution in [0.15, 0.2) is 0 Å². The van der Waals surface area contributed by atoms with E-state index < -0.39 is 0 Å². The van der Waals surface area contributed by atoms with Crippen molar-refractivity contribution < 1.29 is 4.79 Å². The summed E-state index contributed by atoms with van der Waals surface area (Å²) in [7, 11) is 0. The van der Waals surface area contributed by atoms with Crippen molar-refractivity contribution in [3.8, 4) is 0 Å². The van der Waals surface area contributed by atoms with E-state index in [1.165, 1.54) is 32.1 Å². The predicted octanol–water partition coefficient (Wildman–Crippen LogP) is 3.43. The summed E-state index contributed by atoms with van der Waals surface area (Å²) in [5.74, 6) is 2.30. The van der Waals surface area contributed by atoms with Gasteiger partial charge in [-0.25, -0.2) is 0 Å². The lowest BCUT2D eigenvalue weighted by molar-refractivity contribution is -0.122. The van der Waals surface area contributed by atoms with Gasteiger partial charge in [0.1, 0.15) is 5.78 Å². The number of hydrogen-bond donors (Lipinski definition) is 0. The van der Waals surface area contributed by atoms with Crippen LogP contribution in [-0.2, 0) is 4.79 Å². The van der Waals surface area contributed by atoms with Gasteiger partial charge in [-0.05, 0) is 31.6 Å². The van der Waals surface area contributed by atoms with E-state index in [4.69, 9.17) is 0 Å². The minimum Gasteiger partial charge on any atom is -0.300 e. The molecule has 1 aliphatic carbocycles. The predicted molar refractivity (Wildman–Crippen MR) is 55.6 cm³/mol. The molecule has 1 atom stereocenters. The molecule has 1 fully saturated rings. The second-order valence-electron chi connectivity index (χ2n) is 4.59. The number of rotatable bonds is 3. The average molecular weight is 182 g/mol. The zero-order valence-corrected chi connectivity index (χ0v) is 9.18. The van der Waals surface area contributed by atoms with Gasteiger partial charge in [0.15, 0.2) is 0 Å². The number of carbonyl (C=O) groups is 1. The molecule has 0 bridgehead atoms.